The van der Waals surface area contributed by atoms with Gasteiger partial charge in [0.1, 0.15) is 15.7 Å². The summed E-state index contributed by atoms with van der Waals surface area (Å²) in [6, 6.07) is 0. The summed E-state index contributed by atoms with van der Waals surface area (Å²) in [5, 5.41) is 4.84. The first-order chi connectivity index (χ1) is 8.69. The summed E-state index contributed by atoms with van der Waals surface area (Å²) in [4.78, 5) is 3.94. The highest BCUT2D eigenvalue weighted by Crippen LogP contribution is 2.10. The lowest BCUT2D eigenvalue weighted by atomic mass is 10.4. The number of nitrogens with zero attached hydrogens (tertiary/aromatic N) is 2. The molecule has 1 aromatic rings. The Kier molecular flexibility index (Phi) is 5.11. The van der Waals surface area contributed by atoms with Gasteiger partial charge >= 0.3 is 0 Å². The van der Waals surface area contributed by atoms with Crippen molar-refractivity contribution in [3.05, 3.63) is 12.0 Å². The Bertz CT molecular complexity index is 632. The fourth-order valence-electron chi connectivity index (χ4n) is 1.64. The van der Waals surface area contributed by atoms with E-state index in [4.69, 9.17) is 5.14 Å². The Morgan fingerprint density at radius 2 is 1.89 bits per heavy atom. The standard InChI is InChI=1S/C10H19N3O4S2/c1-3-9-12-10(19(11,16)17)8-13(9)6-5-7-18(14,15)4-2/h8H,3-7H2,1-2H3,(H2,11,16,17). The second kappa shape index (κ2) is 6.02. The number of primary sulfonamides is 1. The summed E-state index contributed by atoms with van der Waals surface area (Å²) in [5.41, 5.74) is 0. The average molecular weight is 309 g/mol. The molecule has 7 nitrogen and oxygen atoms in total. The number of hydrogen-bond acceptors (Lipinski definition) is 5. The maximum absolute atomic E-state index is 11.4. The predicted molar refractivity (Wildman–Crippen MR) is 71.9 cm³/mol. The monoisotopic (exact) mass is 309 g/mol. The molecular formula is C10H19N3O4S2. The summed E-state index contributed by atoms with van der Waals surface area (Å²) in [5.74, 6) is 0.771. The number of sulfone groups is 1. The topological polar surface area (TPSA) is 112 Å². The molecule has 0 atom stereocenters. The molecule has 0 fully saturated rings. The zero-order valence-electron chi connectivity index (χ0n) is 11.0. The quantitative estimate of drug-likeness (QED) is 0.757. The highest BCUT2D eigenvalue weighted by molar-refractivity contribution is 7.91. The molecule has 0 spiro atoms. The molecule has 1 heterocycles. The van der Waals surface area contributed by atoms with Gasteiger partial charge < -0.3 is 4.57 Å². The Morgan fingerprint density at radius 1 is 1.26 bits per heavy atom. The molecular weight excluding hydrogens is 290 g/mol. The van der Waals surface area contributed by atoms with Crippen LogP contribution in [0.2, 0.25) is 0 Å². The largest absolute Gasteiger partial charge is 0.333 e. The van der Waals surface area contributed by atoms with E-state index in [1.54, 1.807) is 11.5 Å². The summed E-state index contributed by atoms with van der Waals surface area (Å²) >= 11 is 0. The fraction of sp³-hybridized carbons (Fsp3) is 0.700. The van der Waals surface area contributed by atoms with Crippen molar-refractivity contribution in [1.29, 1.82) is 0 Å². The van der Waals surface area contributed by atoms with E-state index in [1.165, 1.54) is 6.20 Å². The second-order valence-electron chi connectivity index (χ2n) is 4.18. The minimum Gasteiger partial charge on any atom is -0.333 e. The number of aromatic nitrogens is 2. The zero-order chi connectivity index (χ0) is 14.7. The van der Waals surface area contributed by atoms with E-state index in [2.05, 4.69) is 4.98 Å². The third kappa shape index (κ3) is 4.59. The maximum atomic E-state index is 11.4. The van der Waals surface area contributed by atoms with Crippen LogP contribution in [0.1, 0.15) is 26.1 Å². The molecule has 0 amide bonds. The van der Waals surface area contributed by atoms with E-state index in [-0.39, 0.29) is 16.5 Å². The number of hydrogen-bond donors (Lipinski definition) is 1. The van der Waals surface area contributed by atoms with Crippen LogP contribution in [0, 0.1) is 0 Å². The highest BCUT2D eigenvalue weighted by atomic mass is 32.2. The molecule has 2 N–H and O–H groups in total. The zero-order valence-corrected chi connectivity index (χ0v) is 12.7. The van der Waals surface area contributed by atoms with Gasteiger partial charge in [0.05, 0.1) is 5.75 Å². The first kappa shape index (κ1) is 16.1. The lowest BCUT2D eigenvalue weighted by Gasteiger charge is -2.05. The molecule has 0 unspecified atom stereocenters. The molecule has 19 heavy (non-hydrogen) atoms. The van der Waals surface area contributed by atoms with Gasteiger partial charge in [0, 0.05) is 24.9 Å². The molecule has 110 valence electrons. The molecule has 0 radical (unpaired) electrons. The number of sulfonamides is 1. The number of rotatable bonds is 7. The Balaban J connectivity index is 2.82. The van der Waals surface area contributed by atoms with Crippen molar-refractivity contribution >= 4 is 19.9 Å². The van der Waals surface area contributed by atoms with Crippen molar-refractivity contribution in [3.63, 3.8) is 0 Å². The normalized spacial score (nSPS) is 12.8. The molecule has 9 heteroatoms. The van der Waals surface area contributed by atoms with E-state index in [0.29, 0.717) is 25.2 Å². The minimum absolute atomic E-state index is 0.0789. The van der Waals surface area contributed by atoms with Crippen molar-refractivity contribution in [2.75, 3.05) is 11.5 Å². The van der Waals surface area contributed by atoms with Crippen LogP contribution >= 0.6 is 0 Å². The molecule has 0 aromatic carbocycles. The van der Waals surface area contributed by atoms with Gasteiger partial charge in [0.25, 0.3) is 10.0 Å². The van der Waals surface area contributed by atoms with Crippen LogP contribution in [0.25, 0.3) is 0 Å². The van der Waals surface area contributed by atoms with Crippen LogP contribution in [0.15, 0.2) is 11.2 Å². The third-order valence-corrected chi connectivity index (χ3v) is 5.31. The number of imidazole rings is 1. The second-order valence-corrected chi connectivity index (χ2v) is 8.16. The van der Waals surface area contributed by atoms with Crippen LogP contribution in [0.4, 0.5) is 0 Å². The molecule has 0 bridgehead atoms. The Labute approximate surface area is 113 Å². The van der Waals surface area contributed by atoms with Crippen molar-refractivity contribution in [1.82, 2.24) is 9.55 Å². The van der Waals surface area contributed by atoms with Crippen molar-refractivity contribution in [2.24, 2.45) is 5.14 Å². The van der Waals surface area contributed by atoms with Crippen molar-refractivity contribution < 1.29 is 16.8 Å². The fourth-order valence-corrected chi connectivity index (χ4v) is 3.00. The predicted octanol–water partition coefficient (Wildman–Crippen LogP) is -0.0823. The number of nitrogens with two attached hydrogens (primary N) is 1. The smallest absolute Gasteiger partial charge is 0.257 e. The summed E-state index contributed by atoms with van der Waals surface area (Å²) < 4.78 is 46.8. The van der Waals surface area contributed by atoms with Crippen LogP contribution in [-0.2, 0) is 32.8 Å². The first-order valence-electron chi connectivity index (χ1n) is 5.99. The van der Waals surface area contributed by atoms with E-state index in [0.717, 1.165) is 0 Å². The summed E-state index contributed by atoms with van der Waals surface area (Å²) in [7, 11) is -6.83. The first-order valence-corrected chi connectivity index (χ1v) is 9.35. The highest BCUT2D eigenvalue weighted by Gasteiger charge is 2.16. The van der Waals surface area contributed by atoms with Gasteiger partial charge in [-0.05, 0) is 6.42 Å². The number of aryl methyl sites for hydroxylation is 2. The molecule has 0 aliphatic carbocycles. The van der Waals surface area contributed by atoms with Crippen LogP contribution in [0.5, 0.6) is 0 Å². The third-order valence-electron chi connectivity index (χ3n) is 2.74. The molecule has 0 saturated heterocycles. The van der Waals surface area contributed by atoms with Gasteiger partial charge in [-0.3, -0.25) is 0 Å². The van der Waals surface area contributed by atoms with Crippen LogP contribution in [-0.4, -0.2) is 37.9 Å². The minimum atomic E-state index is -3.82. The van der Waals surface area contributed by atoms with Gasteiger partial charge in [0.15, 0.2) is 5.03 Å². The van der Waals surface area contributed by atoms with E-state index >= 15 is 0 Å². The summed E-state index contributed by atoms with van der Waals surface area (Å²) in [6.45, 7) is 3.85. The van der Waals surface area contributed by atoms with Crippen LogP contribution < -0.4 is 5.14 Å². The Hall–Kier alpha value is -0.930. The van der Waals surface area contributed by atoms with E-state index in [1.807, 2.05) is 6.92 Å². The van der Waals surface area contributed by atoms with Crippen LogP contribution in [0.3, 0.4) is 0 Å². The maximum Gasteiger partial charge on any atom is 0.257 e. The lowest BCUT2D eigenvalue weighted by Crippen LogP contribution is -2.13. The van der Waals surface area contributed by atoms with Crippen molar-refractivity contribution in [3.8, 4) is 0 Å². The molecule has 1 aromatic heterocycles. The molecule has 0 aliphatic heterocycles. The van der Waals surface area contributed by atoms with Gasteiger partial charge in [-0.1, -0.05) is 13.8 Å². The average Bonchev–Trinajstić information content (AvgIpc) is 2.72. The SMILES string of the molecule is CCc1nc(S(N)(=O)=O)cn1CCCS(=O)(=O)CC. The van der Waals surface area contributed by atoms with Gasteiger partial charge in [-0.25, -0.2) is 27.0 Å². The Morgan fingerprint density at radius 3 is 2.37 bits per heavy atom. The lowest BCUT2D eigenvalue weighted by molar-refractivity contribution is 0.583. The molecule has 0 aliphatic rings. The molecule has 1 rings (SSSR count). The van der Waals surface area contributed by atoms with Crippen molar-refractivity contribution in [2.45, 2.75) is 38.3 Å². The summed E-state index contributed by atoms with van der Waals surface area (Å²) in [6.07, 6.45) is 2.33. The molecule has 0 saturated carbocycles. The van der Waals surface area contributed by atoms with Gasteiger partial charge in [-0.15, -0.1) is 0 Å². The van der Waals surface area contributed by atoms with E-state index in [9.17, 15) is 16.8 Å². The van der Waals surface area contributed by atoms with E-state index < -0.39 is 19.9 Å². The van der Waals surface area contributed by atoms with Gasteiger partial charge in [0.2, 0.25) is 0 Å². The van der Waals surface area contributed by atoms with Gasteiger partial charge in [-0.2, -0.15) is 0 Å².